The number of esters is 1. The Morgan fingerprint density at radius 1 is 1.15 bits per heavy atom. The highest BCUT2D eigenvalue weighted by atomic mass is 32.1. The third-order valence-electron chi connectivity index (χ3n) is 5.88. The van der Waals surface area contributed by atoms with Crippen LogP contribution >= 0.6 is 11.3 Å². The van der Waals surface area contributed by atoms with Gasteiger partial charge in [-0.05, 0) is 61.1 Å². The summed E-state index contributed by atoms with van der Waals surface area (Å²) in [4.78, 5) is 16.1. The van der Waals surface area contributed by atoms with Crippen molar-refractivity contribution in [3.8, 4) is 5.75 Å². The molecule has 176 valence electrons. The largest absolute Gasteiger partial charge is 0.489 e. The van der Waals surface area contributed by atoms with Crippen LogP contribution in [0.4, 0.5) is 13.2 Å². The first-order chi connectivity index (χ1) is 15.8. The van der Waals surface area contributed by atoms with Crippen LogP contribution in [0.25, 0.3) is 10.2 Å². The summed E-state index contributed by atoms with van der Waals surface area (Å²) in [6.45, 7) is 2.17. The summed E-state index contributed by atoms with van der Waals surface area (Å²) in [5, 5.41) is 0.826. The van der Waals surface area contributed by atoms with Crippen molar-refractivity contribution in [1.29, 1.82) is 0 Å². The molecule has 0 atom stereocenters. The molecule has 1 aliphatic rings. The molecular formula is C25H26F3NO3S. The molecule has 3 aromatic rings. The van der Waals surface area contributed by atoms with E-state index in [-0.39, 0.29) is 24.9 Å². The number of carbonyl (C=O) groups is 1. The van der Waals surface area contributed by atoms with E-state index in [0.717, 1.165) is 40.9 Å². The number of rotatable bonds is 8. The number of hydrogen-bond donors (Lipinski definition) is 0. The van der Waals surface area contributed by atoms with E-state index in [4.69, 9.17) is 9.47 Å². The summed E-state index contributed by atoms with van der Waals surface area (Å²) in [6.07, 6.45) is -0.00719. The van der Waals surface area contributed by atoms with Gasteiger partial charge in [0.25, 0.3) is 0 Å². The minimum atomic E-state index is -4.38. The third kappa shape index (κ3) is 5.85. The van der Waals surface area contributed by atoms with E-state index in [1.807, 2.05) is 12.1 Å². The lowest BCUT2D eigenvalue weighted by Gasteiger charge is -2.19. The van der Waals surface area contributed by atoms with Crippen molar-refractivity contribution < 1.29 is 27.4 Å². The lowest BCUT2D eigenvalue weighted by molar-refractivity contribution is -0.143. The van der Waals surface area contributed by atoms with Crippen LogP contribution in [0, 0.1) is 0 Å². The van der Waals surface area contributed by atoms with Crippen LogP contribution in [-0.2, 0) is 28.7 Å². The van der Waals surface area contributed by atoms with Crippen LogP contribution in [-0.4, -0.2) is 17.6 Å². The summed E-state index contributed by atoms with van der Waals surface area (Å²) >= 11 is 1.47. The number of aryl methyl sites for hydroxylation is 1. The SMILES string of the molecule is CCOC(=O)CCc1nc2ccc(OCc3ccc(C4CCCC4)c(C(F)(F)F)c3)cc2s1. The van der Waals surface area contributed by atoms with Crippen molar-refractivity contribution in [3.63, 3.8) is 0 Å². The number of aromatic nitrogens is 1. The van der Waals surface area contributed by atoms with Gasteiger partial charge in [-0.25, -0.2) is 4.98 Å². The molecule has 4 rings (SSSR count). The van der Waals surface area contributed by atoms with E-state index in [1.165, 1.54) is 17.4 Å². The van der Waals surface area contributed by atoms with Crippen LogP contribution in [0.1, 0.15) is 66.6 Å². The van der Waals surface area contributed by atoms with Gasteiger partial charge in [-0.15, -0.1) is 11.3 Å². The number of benzene rings is 2. The van der Waals surface area contributed by atoms with E-state index < -0.39 is 11.7 Å². The van der Waals surface area contributed by atoms with E-state index in [2.05, 4.69) is 4.98 Å². The van der Waals surface area contributed by atoms with Gasteiger partial charge in [-0.3, -0.25) is 4.79 Å². The van der Waals surface area contributed by atoms with Gasteiger partial charge in [-0.2, -0.15) is 13.2 Å². The third-order valence-corrected chi connectivity index (χ3v) is 6.95. The minimum absolute atomic E-state index is 0.0108. The van der Waals surface area contributed by atoms with Gasteiger partial charge < -0.3 is 9.47 Å². The molecule has 0 N–H and O–H groups in total. The summed E-state index contributed by atoms with van der Waals surface area (Å²) < 4.78 is 52.8. The highest BCUT2D eigenvalue weighted by Gasteiger charge is 2.36. The summed E-state index contributed by atoms with van der Waals surface area (Å²) in [5.74, 6) is 0.304. The van der Waals surface area contributed by atoms with Crippen molar-refractivity contribution in [2.45, 2.75) is 64.1 Å². The van der Waals surface area contributed by atoms with Crippen LogP contribution in [0.2, 0.25) is 0 Å². The maximum Gasteiger partial charge on any atom is 0.416 e. The van der Waals surface area contributed by atoms with E-state index in [1.54, 1.807) is 25.1 Å². The van der Waals surface area contributed by atoms with E-state index >= 15 is 0 Å². The topological polar surface area (TPSA) is 48.4 Å². The Hall–Kier alpha value is -2.61. The first-order valence-corrected chi connectivity index (χ1v) is 12.0. The van der Waals surface area contributed by atoms with Crippen LogP contribution in [0.15, 0.2) is 36.4 Å². The zero-order chi connectivity index (χ0) is 23.4. The lowest BCUT2D eigenvalue weighted by atomic mass is 9.91. The lowest BCUT2D eigenvalue weighted by Crippen LogP contribution is -2.12. The van der Waals surface area contributed by atoms with Crippen molar-refractivity contribution in [2.75, 3.05) is 6.61 Å². The smallest absolute Gasteiger partial charge is 0.416 e. The number of carbonyl (C=O) groups excluding carboxylic acids is 1. The van der Waals surface area contributed by atoms with Gasteiger partial charge in [0, 0.05) is 6.42 Å². The monoisotopic (exact) mass is 477 g/mol. The highest BCUT2D eigenvalue weighted by molar-refractivity contribution is 7.18. The number of hydrogen-bond acceptors (Lipinski definition) is 5. The Morgan fingerprint density at radius 3 is 2.67 bits per heavy atom. The molecule has 1 aliphatic carbocycles. The molecule has 2 aromatic carbocycles. The van der Waals surface area contributed by atoms with Crippen molar-refractivity contribution in [2.24, 2.45) is 0 Å². The molecule has 1 aromatic heterocycles. The predicted octanol–water partition coefficient (Wildman–Crippen LogP) is 7.05. The molecule has 4 nitrogen and oxygen atoms in total. The first-order valence-electron chi connectivity index (χ1n) is 11.2. The highest BCUT2D eigenvalue weighted by Crippen LogP contribution is 2.42. The van der Waals surface area contributed by atoms with Gasteiger partial charge in [0.1, 0.15) is 12.4 Å². The summed E-state index contributed by atoms with van der Waals surface area (Å²) in [5.41, 5.74) is 1.15. The van der Waals surface area contributed by atoms with Crippen LogP contribution in [0.5, 0.6) is 5.75 Å². The fourth-order valence-corrected chi connectivity index (χ4v) is 5.29. The average molecular weight is 478 g/mol. The molecule has 0 unspecified atom stereocenters. The number of alkyl halides is 3. The van der Waals surface area contributed by atoms with Gasteiger partial charge in [0.15, 0.2) is 0 Å². The van der Waals surface area contributed by atoms with Gasteiger partial charge >= 0.3 is 12.1 Å². The van der Waals surface area contributed by atoms with Crippen molar-refractivity contribution >= 4 is 27.5 Å². The Balaban J connectivity index is 1.44. The molecule has 33 heavy (non-hydrogen) atoms. The number of ether oxygens (including phenoxy) is 2. The Kier molecular flexibility index (Phi) is 7.22. The second-order valence-corrected chi connectivity index (χ2v) is 9.35. The van der Waals surface area contributed by atoms with E-state index in [0.29, 0.717) is 29.9 Å². The molecule has 0 saturated heterocycles. The summed E-state index contributed by atoms with van der Waals surface area (Å²) in [6, 6.07) is 10.0. The number of fused-ring (bicyclic) bond motifs is 1. The molecule has 0 bridgehead atoms. The molecule has 1 fully saturated rings. The second kappa shape index (κ2) is 10.1. The number of thiazole rings is 1. The van der Waals surface area contributed by atoms with Crippen molar-refractivity contribution in [1.82, 2.24) is 4.98 Å². The van der Waals surface area contributed by atoms with Crippen LogP contribution < -0.4 is 4.74 Å². The first kappa shape index (κ1) is 23.5. The molecule has 8 heteroatoms. The molecule has 1 saturated carbocycles. The van der Waals surface area contributed by atoms with Gasteiger partial charge in [0.05, 0.1) is 33.8 Å². The average Bonchev–Trinajstić information content (AvgIpc) is 3.45. The molecule has 0 aliphatic heterocycles. The Morgan fingerprint density at radius 2 is 1.94 bits per heavy atom. The van der Waals surface area contributed by atoms with Crippen LogP contribution in [0.3, 0.4) is 0 Å². The van der Waals surface area contributed by atoms with Crippen molar-refractivity contribution in [3.05, 3.63) is 58.1 Å². The molecule has 0 amide bonds. The zero-order valence-corrected chi connectivity index (χ0v) is 19.2. The molecular weight excluding hydrogens is 451 g/mol. The summed E-state index contributed by atoms with van der Waals surface area (Å²) in [7, 11) is 0. The fraction of sp³-hybridized carbons (Fsp3) is 0.440. The number of nitrogens with zero attached hydrogens (tertiary/aromatic N) is 1. The fourth-order valence-electron chi connectivity index (χ4n) is 4.29. The van der Waals surface area contributed by atoms with Gasteiger partial charge in [0.2, 0.25) is 0 Å². The minimum Gasteiger partial charge on any atom is -0.489 e. The normalized spacial score (nSPS) is 14.7. The number of halogens is 3. The Bertz CT molecular complexity index is 1120. The predicted molar refractivity (Wildman–Crippen MR) is 122 cm³/mol. The maximum absolute atomic E-state index is 13.7. The maximum atomic E-state index is 13.7. The molecule has 0 radical (unpaired) electrons. The quantitative estimate of drug-likeness (QED) is 0.326. The van der Waals surface area contributed by atoms with E-state index in [9.17, 15) is 18.0 Å². The second-order valence-electron chi connectivity index (χ2n) is 8.23. The van der Waals surface area contributed by atoms with Gasteiger partial charge in [-0.1, -0.05) is 25.0 Å². The molecule has 1 heterocycles. The zero-order valence-electron chi connectivity index (χ0n) is 18.4. The standard InChI is InChI=1S/C25H26F3NO3S/c1-2-31-24(30)12-11-23-29-21-10-8-18(14-22(21)33-23)32-15-16-7-9-19(17-5-3-4-6-17)20(13-16)25(26,27)28/h7-10,13-14,17H,2-6,11-12,15H2,1H3. The molecule has 0 spiro atoms. The Labute approximate surface area is 194 Å².